The molecular weight excluding hydrogens is 199 g/mol. The molecule has 2 N–H and O–H groups in total. The molecule has 0 aromatic heterocycles. The van der Waals surface area contributed by atoms with Crippen molar-refractivity contribution in [1.29, 1.82) is 0 Å². The van der Waals surface area contributed by atoms with Crippen LogP contribution < -0.4 is 0 Å². The normalized spacial score (nSPS) is 11.7. The Kier molecular flexibility index (Phi) is 6.02. The van der Waals surface area contributed by atoms with Crippen LogP contribution in [0, 0.1) is 10.8 Å². The van der Waals surface area contributed by atoms with Gasteiger partial charge in [-0.05, 0) is 12.3 Å². The van der Waals surface area contributed by atoms with E-state index in [9.17, 15) is 9.59 Å². The molecule has 0 aliphatic heterocycles. The fourth-order valence-electron chi connectivity index (χ4n) is 0.733. The van der Waals surface area contributed by atoms with Crippen LogP contribution in [0.2, 0.25) is 0 Å². The molecule has 5 heteroatoms. The van der Waals surface area contributed by atoms with Gasteiger partial charge in [0.05, 0.1) is 0 Å². The number of carbonyl (C=O) groups is 2. The van der Waals surface area contributed by atoms with Crippen molar-refractivity contribution < 1.29 is 19.8 Å². The molecule has 0 atom stereocenters. The molecule has 0 aliphatic carbocycles. The van der Waals surface area contributed by atoms with E-state index in [-0.39, 0.29) is 51.4 Å². The fourth-order valence-corrected chi connectivity index (χ4v) is 0.733. The molecule has 0 spiro atoms. The van der Waals surface area contributed by atoms with E-state index in [1.165, 1.54) is 6.92 Å². The molecule has 72 valence electrons. The van der Waals surface area contributed by atoms with Crippen LogP contribution in [0.5, 0.6) is 0 Å². The van der Waals surface area contributed by atoms with E-state index in [1.54, 1.807) is 20.8 Å². The first kappa shape index (κ1) is 16.0. The molecule has 0 bridgehead atoms. The van der Waals surface area contributed by atoms with Gasteiger partial charge in [-0.1, -0.05) is 20.8 Å². The fraction of sp³-hybridized carbons (Fsp3) is 0.750. The Labute approximate surface area is 120 Å². The third-order valence-corrected chi connectivity index (χ3v) is 2.36. The first-order chi connectivity index (χ1) is 5.14. The van der Waals surface area contributed by atoms with Gasteiger partial charge in [0.15, 0.2) is 5.41 Å². The Morgan fingerprint density at radius 3 is 1.15 bits per heavy atom. The first-order valence-electron chi connectivity index (χ1n) is 3.61. The summed E-state index contributed by atoms with van der Waals surface area (Å²) < 4.78 is 0. The van der Waals surface area contributed by atoms with Gasteiger partial charge < -0.3 is 10.2 Å². The maximum absolute atomic E-state index is 10.7. The molecule has 0 radical (unpaired) electrons. The third-order valence-electron chi connectivity index (χ3n) is 2.36. The van der Waals surface area contributed by atoms with Crippen LogP contribution in [0.1, 0.15) is 27.7 Å². The summed E-state index contributed by atoms with van der Waals surface area (Å²) in [6, 6.07) is 0. The van der Waals surface area contributed by atoms with Crippen molar-refractivity contribution in [1.82, 2.24) is 0 Å². The minimum absolute atomic E-state index is 0. The van der Waals surface area contributed by atoms with Crippen LogP contribution in [0.3, 0.4) is 0 Å². The number of rotatable bonds is 2. The van der Waals surface area contributed by atoms with Crippen molar-refractivity contribution in [3.63, 3.8) is 0 Å². The van der Waals surface area contributed by atoms with Crippen molar-refractivity contribution in [2.45, 2.75) is 27.7 Å². The molecule has 0 amide bonds. The van der Waals surface area contributed by atoms with E-state index in [0.717, 1.165) is 0 Å². The Bertz CT molecular complexity index is 203. The number of aliphatic carboxylic acids is 2. The molecule has 0 aromatic carbocycles. The second-order valence-corrected chi connectivity index (χ2v) is 3.99. The molecule has 0 unspecified atom stereocenters. The van der Waals surface area contributed by atoms with Crippen molar-refractivity contribution in [3.05, 3.63) is 0 Å². The second kappa shape index (κ2) is 4.88. The quantitative estimate of drug-likeness (QED) is 0.520. The number of hydrogen-bond acceptors (Lipinski definition) is 2. The molecule has 13 heavy (non-hydrogen) atoms. The van der Waals surface area contributed by atoms with E-state index in [2.05, 4.69) is 0 Å². The monoisotopic (exact) mass is 214 g/mol. The van der Waals surface area contributed by atoms with Crippen LogP contribution in [-0.4, -0.2) is 73.5 Å². The number of hydrogen-bond donors (Lipinski definition) is 2. The van der Waals surface area contributed by atoms with E-state index >= 15 is 0 Å². The van der Waals surface area contributed by atoms with Gasteiger partial charge in [-0.25, -0.2) is 0 Å². The summed E-state index contributed by atoms with van der Waals surface area (Å²) in [6.07, 6.45) is 0. The zero-order chi connectivity index (χ0) is 10.2. The SMILES string of the molecule is CC(C)(C)C(C)(C(=O)O)C(=O)O.[KH]. The summed E-state index contributed by atoms with van der Waals surface area (Å²) in [6.45, 7) is 6.00. The molecule has 0 aliphatic rings. The number of carboxylic acid groups (broad SMARTS) is 2. The Balaban J connectivity index is 0. The van der Waals surface area contributed by atoms with Crippen LogP contribution >= 0.6 is 0 Å². The first-order valence-corrected chi connectivity index (χ1v) is 3.61. The summed E-state index contributed by atoms with van der Waals surface area (Å²) >= 11 is 0. The summed E-state index contributed by atoms with van der Waals surface area (Å²) in [4.78, 5) is 21.5. The van der Waals surface area contributed by atoms with E-state index < -0.39 is 22.8 Å². The minimum atomic E-state index is -1.73. The molecule has 0 rings (SSSR count). The average molecular weight is 214 g/mol. The Hall–Kier alpha value is 0.576. The molecule has 0 saturated heterocycles. The van der Waals surface area contributed by atoms with Gasteiger partial charge in [-0.3, -0.25) is 9.59 Å². The number of carboxylic acids is 2. The van der Waals surface area contributed by atoms with Crippen LogP contribution in [-0.2, 0) is 9.59 Å². The van der Waals surface area contributed by atoms with E-state index in [1.807, 2.05) is 0 Å². The van der Waals surface area contributed by atoms with Crippen LogP contribution in [0.25, 0.3) is 0 Å². The Morgan fingerprint density at radius 1 is 0.923 bits per heavy atom. The van der Waals surface area contributed by atoms with Gasteiger partial charge in [0.25, 0.3) is 0 Å². The standard InChI is InChI=1S/C8H14O4.K.H/c1-7(2,3)8(4,5(9)10)6(11)12;;/h1-4H3,(H,9,10)(H,11,12);;. The molecule has 0 heterocycles. The van der Waals surface area contributed by atoms with Gasteiger partial charge >= 0.3 is 63.3 Å². The summed E-state index contributed by atoms with van der Waals surface area (Å²) in [5.74, 6) is -2.61. The van der Waals surface area contributed by atoms with Crippen LogP contribution in [0.4, 0.5) is 0 Å². The average Bonchev–Trinajstić information content (AvgIpc) is 1.82. The topological polar surface area (TPSA) is 74.6 Å². The summed E-state index contributed by atoms with van der Waals surface area (Å²) in [7, 11) is 0. The van der Waals surface area contributed by atoms with Crippen LogP contribution in [0.15, 0.2) is 0 Å². The molecular formula is C8H15KO4. The molecule has 0 aromatic rings. The Morgan fingerprint density at radius 2 is 1.15 bits per heavy atom. The zero-order valence-corrected chi connectivity index (χ0v) is 7.71. The van der Waals surface area contributed by atoms with Gasteiger partial charge in [0, 0.05) is 0 Å². The summed E-state index contributed by atoms with van der Waals surface area (Å²) in [5.41, 5.74) is -2.53. The summed E-state index contributed by atoms with van der Waals surface area (Å²) in [5, 5.41) is 17.5. The second-order valence-electron chi connectivity index (χ2n) is 3.99. The maximum atomic E-state index is 10.7. The predicted molar refractivity (Wildman–Crippen MR) is 50.0 cm³/mol. The van der Waals surface area contributed by atoms with Crippen molar-refractivity contribution in [2.24, 2.45) is 10.8 Å². The molecule has 0 fully saturated rings. The predicted octanol–water partition coefficient (Wildman–Crippen LogP) is 0.559. The van der Waals surface area contributed by atoms with Gasteiger partial charge in [-0.2, -0.15) is 0 Å². The van der Waals surface area contributed by atoms with Crippen molar-refractivity contribution in [3.8, 4) is 0 Å². The van der Waals surface area contributed by atoms with E-state index in [4.69, 9.17) is 10.2 Å². The van der Waals surface area contributed by atoms with Gasteiger partial charge in [0.1, 0.15) is 0 Å². The molecule has 0 saturated carbocycles. The van der Waals surface area contributed by atoms with Gasteiger partial charge in [0.2, 0.25) is 0 Å². The van der Waals surface area contributed by atoms with Crippen molar-refractivity contribution >= 4 is 63.3 Å². The van der Waals surface area contributed by atoms with Crippen molar-refractivity contribution in [2.75, 3.05) is 0 Å². The molecule has 4 nitrogen and oxygen atoms in total. The third kappa shape index (κ3) is 3.02. The van der Waals surface area contributed by atoms with E-state index in [0.29, 0.717) is 0 Å². The van der Waals surface area contributed by atoms with Gasteiger partial charge in [-0.15, -0.1) is 0 Å². The zero-order valence-electron chi connectivity index (χ0n) is 7.71.